The molecule has 1 aliphatic carbocycles. The SMILES string of the molecule is CC1CC(OC(CN)c2cccs2)CC(C)(C)C1. The van der Waals surface area contributed by atoms with Gasteiger partial charge in [0.15, 0.2) is 0 Å². The Morgan fingerprint density at radius 2 is 2.28 bits per heavy atom. The van der Waals surface area contributed by atoms with Crippen LogP contribution in [-0.4, -0.2) is 12.6 Å². The number of hydrogen-bond acceptors (Lipinski definition) is 3. The summed E-state index contributed by atoms with van der Waals surface area (Å²) in [5.41, 5.74) is 6.26. The van der Waals surface area contributed by atoms with Crippen LogP contribution in [0, 0.1) is 11.3 Å². The molecule has 1 fully saturated rings. The van der Waals surface area contributed by atoms with E-state index in [9.17, 15) is 0 Å². The van der Waals surface area contributed by atoms with Crippen LogP contribution in [0.1, 0.15) is 51.0 Å². The van der Waals surface area contributed by atoms with Gasteiger partial charge in [-0.15, -0.1) is 11.3 Å². The van der Waals surface area contributed by atoms with Gasteiger partial charge in [-0.3, -0.25) is 0 Å². The maximum Gasteiger partial charge on any atom is 0.104 e. The van der Waals surface area contributed by atoms with Gasteiger partial charge in [-0.2, -0.15) is 0 Å². The average Bonchev–Trinajstić information content (AvgIpc) is 2.76. The zero-order chi connectivity index (χ0) is 13.2. The van der Waals surface area contributed by atoms with E-state index in [0.717, 1.165) is 12.3 Å². The fourth-order valence-electron chi connectivity index (χ4n) is 3.31. The Labute approximate surface area is 115 Å². The van der Waals surface area contributed by atoms with Gasteiger partial charge in [0, 0.05) is 11.4 Å². The Balaban J connectivity index is 1.99. The Bertz CT molecular complexity index is 361. The molecule has 0 bridgehead atoms. The highest BCUT2D eigenvalue weighted by Crippen LogP contribution is 2.41. The summed E-state index contributed by atoms with van der Waals surface area (Å²) in [6.07, 6.45) is 4.07. The molecule has 0 amide bonds. The van der Waals surface area contributed by atoms with Crippen LogP contribution in [0.5, 0.6) is 0 Å². The lowest BCUT2D eigenvalue weighted by Crippen LogP contribution is -2.34. The van der Waals surface area contributed by atoms with Gasteiger partial charge in [0.05, 0.1) is 6.10 Å². The molecular weight excluding hydrogens is 242 g/mol. The minimum Gasteiger partial charge on any atom is -0.368 e. The fourth-order valence-corrected chi connectivity index (χ4v) is 4.08. The number of ether oxygens (including phenoxy) is 1. The van der Waals surface area contributed by atoms with Crippen LogP contribution in [0.25, 0.3) is 0 Å². The predicted octanol–water partition coefficient (Wildman–Crippen LogP) is 3.98. The summed E-state index contributed by atoms with van der Waals surface area (Å²) in [4.78, 5) is 1.26. The van der Waals surface area contributed by atoms with Crippen LogP contribution in [0.2, 0.25) is 0 Å². The second kappa shape index (κ2) is 5.72. The number of nitrogens with two attached hydrogens (primary N) is 1. The first-order valence-corrected chi connectivity index (χ1v) is 7.77. The molecule has 1 aromatic rings. The highest BCUT2D eigenvalue weighted by Gasteiger charge is 2.33. The van der Waals surface area contributed by atoms with Gasteiger partial charge < -0.3 is 10.5 Å². The molecule has 2 nitrogen and oxygen atoms in total. The molecule has 0 saturated heterocycles. The number of thiophene rings is 1. The van der Waals surface area contributed by atoms with Gasteiger partial charge in [0.2, 0.25) is 0 Å². The predicted molar refractivity (Wildman–Crippen MR) is 77.8 cm³/mol. The van der Waals surface area contributed by atoms with Gasteiger partial charge in [0.25, 0.3) is 0 Å². The van der Waals surface area contributed by atoms with Crippen molar-refractivity contribution in [1.29, 1.82) is 0 Å². The molecule has 18 heavy (non-hydrogen) atoms. The number of hydrogen-bond donors (Lipinski definition) is 1. The van der Waals surface area contributed by atoms with Crippen LogP contribution in [0.4, 0.5) is 0 Å². The molecule has 1 saturated carbocycles. The summed E-state index contributed by atoms with van der Waals surface area (Å²) in [7, 11) is 0. The van der Waals surface area contributed by atoms with E-state index in [0.29, 0.717) is 18.1 Å². The van der Waals surface area contributed by atoms with Crippen molar-refractivity contribution in [2.24, 2.45) is 17.1 Å². The second-order valence-electron chi connectivity index (χ2n) is 6.41. The third-order valence-electron chi connectivity index (χ3n) is 3.78. The molecule has 102 valence electrons. The first-order chi connectivity index (χ1) is 8.50. The summed E-state index contributed by atoms with van der Waals surface area (Å²) < 4.78 is 6.28. The van der Waals surface area contributed by atoms with Crippen molar-refractivity contribution >= 4 is 11.3 Å². The van der Waals surface area contributed by atoms with Crippen LogP contribution in [-0.2, 0) is 4.74 Å². The molecule has 0 aromatic carbocycles. The van der Waals surface area contributed by atoms with E-state index in [4.69, 9.17) is 10.5 Å². The lowest BCUT2D eigenvalue weighted by atomic mass is 9.71. The Morgan fingerprint density at radius 3 is 2.83 bits per heavy atom. The second-order valence-corrected chi connectivity index (χ2v) is 7.39. The lowest BCUT2D eigenvalue weighted by Gasteiger charge is -2.40. The largest absolute Gasteiger partial charge is 0.368 e. The maximum absolute atomic E-state index is 6.28. The standard InChI is InChI=1S/C15H25NOS/c1-11-7-12(9-15(2,3)8-11)17-13(10-16)14-5-4-6-18-14/h4-6,11-13H,7-10,16H2,1-3H3. The van der Waals surface area contributed by atoms with Crippen molar-refractivity contribution < 1.29 is 4.74 Å². The molecule has 2 rings (SSSR count). The Kier molecular flexibility index (Phi) is 4.46. The molecule has 3 heteroatoms. The Morgan fingerprint density at radius 1 is 1.50 bits per heavy atom. The summed E-state index contributed by atoms with van der Waals surface area (Å²) in [5.74, 6) is 0.750. The normalized spacial score (nSPS) is 29.1. The van der Waals surface area contributed by atoms with Crippen molar-refractivity contribution in [2.45, 2.75) is 52.2 Å². The summed E-state index contributed by atoms with van der Waals surface area (Å²) in [6, 6.07) is 4.19. The van der Waals surface area contributed by atoms with E-state index >= 15 is 0 Å². The molecule has 3 atom stereocenters. The van der Waals surface area contributed by atoms with Gasteiger partial charge >= 0.3 is 0 Å². The van der Waals surface area contributed by atoms with Crippen molar-refractivity contribution in [1.82, 2.24) is 0 Å². The zero-order valence-corrected chi connectivity index (χ0v) is 12.5. The Hall–Kier alpha value is -0.380. The first kappa shape index (κ1) is 14.0. The molecule has 0 aliphatic heterocycles. The lowest BCUT2D eigenvalue weighted by molar-refractivity contribution is -0.0623. The van der Waals surface area contributed by atoms with Gasteiger partial charge in [0.1, 0.15) is 6.10 Å². The van der Waals surface area contributed by atoms with Gasteiger partial charge in [-0.05, 0) is 42.0 Å². The van der Waals surface area contributed by atoms with Crippen molar-refractivity contribution in [3.05, 3.63) is 22.4 Å². The molecule has 0 spiro atoms. The topological polar surface area (TPSA) is 35.2 Å². The first-order valence-electron chi connectivity index (χ1n) is 6.89. The molecule has 1 aromatic heterocycles. The van der Waals surface area contributed by atoms with Crippen LogP contribution < -0.4 is 5.73 Å². The van der Waals surface area contributed by atoms with Crippen LogP contribution >= 0.6 is 11.3 Å². The zero-order valence-electron chi connectivity index (χ0n) is 11.7. The van der Waals surface area contributed by atoms with Crippen LogP contribution in [0.15, 0.2) is 17.5 Å². The molecule has 0 radical (unpaired) electrons. The smallest absolute Gasteiger partial charge is 0.104 e. The van der Waals surface area contributed by atoms with Crippen molar-refractivity contribution in [3.63, 3.8) is 0 Å². The molecule has 1 aliphatic rings. The van der Waals surface area contributed by atoms with E-state index in [-0.39, 0.29) is 6.10 Å². The van der Waals surface area contributed by atoms with E-state index in [1.807, 2.05) is 0 Å². The number of rotatable bonds is 4. The highest BCUT2D eigenvalue weighted by atomic mass is 32.1. The summed E-state index contributed by atoms with van der Waals surface area (Å²) in [6.45, 7) is 7.61. The minimum atomic E-state index is 0.0797. The van der Waals surface area contributed by atoms with Gasteiger partial charge in [-0.1, -0.05) is 26.8 Å². The maximum atomic E-state index is 6.28. The van der Waals surface area contributed by atoms with Crippen LogP contribution in [0.3, 0.4) is 0 Å². The average molecular weight is 267 g/mol. The molecular formula is C15H25NOS. The molecule has 3 unspecified atom stereocenters. The van der Waals surface area contributed by atoms with Crippen molar-refractivity contribution in [2.75, 3.05) is 6.54 Å². The van der Waals surface area contributed by atoms with Crippen molar-refractivity contribution in [3.8, 4) is 0 Å². The highest BCUT2D eigenvalue weighted by molar-refractivity contribution is 7.10. The fraction of sp³-hybridized carbons (Fsp3) is 0.733. The van der Waals surface area contributed by atoms with E-state index in [1.54, 1.807) is 11.3 Å². The third kappa shape index (κ3) is 3.56. The third-order valence-corrected chi connectivity index (χ3v) is 4.74. The monoisotopic (exact) mass is 267 g/mol. The molecule has 2 N–H and O–H groups in total. The summed E-state index contributed by atoms with van der Waals surface area (Å²) in [5, 5.41) is 2.09. The quantitative estimate of drug-likeness (QED) is 0.895. The van der Waals surface area contributed by atoms with E-state index in [2.05, 4.69) is 38.3 Å². The van der Waals surface area contributed by atoms with E-state index in [1.165, 1.54) is 17.7 Å². The van der Waals surface area contributed by atoms with E-state index < -0.39 is 0 Å². The summed E-state index contributed by atoms with van der Waals surface area (Å²) >= 11 is 1.74. The van der Waals surface area contributed by atoms with Gasteiger partial charge in [-0.25, -0.2) is 0 Å². The molecule has 1 heterocycles. The minimum absolute atomic E-state index is 0.0797.